The van der Waals surface area contributed by atoms with Crippen LogP contribution in [0.5, 0.6) is 17.2 Å². The van der Waals surface area contributed by atoms with E-state index in [0.717, 1.165) is 23.3 Å². The number of benzene rings is 2. The number of aromatic nitrogens is 4. The first-order valence-corrected chi connectivity index (χ1v) is 8.37. The van der Waals surface area contributed by atoms with Crippen LogP contribution in [0.2, 0.25) is 0 Å². The fourth-order valence-corrected chi connectivity index (χ4v) is 2.87. The maximum Gasteiger partial charge on any atom is 0.211 e. The maximum absolute atomic E-state index is 9.43. The molecule has 2 heterocycles. The second-order valence-corrected chi connectivity index (χ2v) is 6.02. The fourth-order valence-electron chi connectivity index (χ4n) is 2.87. The highest BCUT2D eigenvalue weighted by Gasteiger charge is 2.22. The molecule has 0 fully saturated rings. The average molecular weight is 366 g/mol. The Bertz CT molecular complexity index is 940. The molecule has 2 aromatic carbocycles. The van der Waals surface area contributed by atoms with E-state index < -0.39 is 0 Å². The number of hydrazone groups is 1. The summed E-state index contributed by atoms with van der Waals surface area (Å²) in [4.78, 5) is 0. The van der Waals surface area contributed by atoms with Crippen molar-refractivity contribution in [3.05, 3.63) is 59.4 Å². The molecule has 3 aromatic rings. The number of phenolic OH excluding ortho intramolecular Hbond substituents is 1. The molecule has 4 rings (SSSR count). The lowest BCUT2D eigenvalue weighted by atomic mass is 9.99. The zero-order chi connectivity index (χ0) is 18.6. The Morgan fingerprint density at radius 2 is 2.00 bits per heavy atom. The van der Waals surface area contributed by atoms with Gasteiger partial charge < -0.3 is 20.0 Å². The molecule has 9 nitrogen and oxygen atoms in total. The van der Waals surface area contributed by atoms with E-state index in [0.29, 0.717) is 17.3 Å². The number of hydrogen-bond acceptors (Lipinski definition) is 8. The van der Waals surface area contributed by atoms with E-state index in [2.05, 4.69) is 31.2 Å². The molecule has 0 saturated carbocycles. The second-order valence-electron chi connectivity index (χ2n) is 6.02. The molecule has 3 N–H and O–H groups in total. The molecule has 0 aliphatic carbocycles. The highest BCUT2D eigenvalue weighted by atomic mass is 16.5. The molecule has 138 valence electrons. The lowest BCUT2D eigenvalue weighted by Gasteiger charge is -2.12. The van der Waals surface area contributed by atoms with Crippen LogP contribution in [0.1, 0.15) is 29.4 Å². The minimum absolute atomic E-state index is 0.0701. The monoisotopic (exact) mass is 366 g/mol. The van der Waals surface area contributed by atoms with Crippen molar-refractivity contribution >= 4 is 5.71 Å². The molecule has 0 amide bonds. The van der Waals surface area contributed by atoms with Gasteiger partial charge in [0.05, 0.1) is 18.9 Å². The summed E-state index contributed by atoms with van der Waals surface area (Å²) in [5.41, 5.74) is 6.09. The number of ether oxygens (including phenoxy) is 2. The Morgan fingerprint density at radius 3 is 2.74 bits per heavy atom. The quantitative estimate of drug-likeness (QED) is 0.610. The van der Waals surface area contributed by atoms with E-state index in [1.165, 1.54) is 0 Å². The van der Waals surface area contributed by atoms with Gasteiger partial charge in [-0.05, 0) is 35.9 Å². The molecular formula is C18H18N6O3. The zero-order valence-corrected chi connectivity index (χ0v) is 14.6. The molecule has 1 unspecified atom stereocenters. The number of tetrazole rings is 1. The summed E-state index contributed by atoms with van der Waals surface area (Å²) >= 11 is 0. The van der Waals surface area contributed by atoms with Gasteiger partial charge in [0, 0.05) is 12.0 Å². The Morgan fingerprint density at radius 1 is 1.15 bits per heavy atom. The lowest BCUT2D eigenvalue weighted by molar-refractivity contribution is 0.276. The summed E-state index contributed by atoms with van der Waals surface area (Å²) in [6, 6.07) is 12.9. The summed E-state index contributed by atoms with van der Waals surface area (Å²) in [6.45, 7) is 0.192. The summed E-state index contributed by atoms with van der Waals surface area (Å²) < 4.78 is 11.2. The van der Waals surface area contributed by atoms with Crippen LogP contribution in [-0.2, 0) is 6.61 Å². The third kappa shape index (κ3) is 3.66. The standard InChI is InChI=1S/C18H18N6O3/c1-26-17-8-12(4-7-16(17)27-10-18-21-23-24-22-18)15-9-14(19-20-15)11-2-5-13(25)6-3-11/h2-8,14,19,25H,9-10H2,1H3,(H,21,22,23,24). The number of methoxy groups -OCH3 is 1. The van der Waals surface area contributed by atoms with E-state index in [9.17, 15) is 5.11 Å². The zero-order valence-electron chi connectivity index (χ0n) is 14.6. The Balaban J connectivity index is 1.46. The van der Waals surface area contributed by atoms with E-state index in [4.69, 9.17) is 9.47 Å². The van der Waals surface area contributed by atoms with Gasteiger partial charge in [0.2, 0.25) is 5.82 Å². The molecule has 27 heavy (non-hydrogen) atoms. The van der Waals surface area contributed by atoms with Crippen molar-refractivity contribution in [3.63, 3.8) is 0 Å². The van der Waals surface area contributed by atoms with E-state index in [1.54, 1.807) is 19.2 Å². The molecule has 1 aliphatic rings. The van der Waals surface area contributed by atoms with Crippen molar-refractivity contribution in [2.45, 2.75) is 19.1 Å². The number of rotatable bonds is 6. The minimum atomic E-state index is 0.0701. The van der Waals surface area contributed by atoms with Gasteiger partial charge in [-0.1, -0.05) is 17.3 Å². The predicted octanol–water partition coefficient (Wildman–Crippen LogP) is 1.93. The van der Waals surface area contributed by atoms with Crippen LogP contribution in [0, 0.1) is 0 Å². The Hall–Kier alpha value is -3.62. The van der Waals surface area contributed by atoms with E-state index >= 15 is 0 Å². The number of phenols is 1. The Kier molecular flexibility index (Phi) is 4.56. The summed E-state index contributed by atoms with van der Waals surface area (Å²) in [5, 5.41) is 27.5. The third-order valence-corrected chi connectivity index (χ3v) is 4.29. The van der Waals surface area contributed by atoms with Crippen LogP contribution in [0.15, 0.2) is 47.6 Å². The molecule has 1 aliphatic heterocycles. The van der Waals surface area contributed by atoms with Gasteiger partial charge in [0.25, 0.3) is 0 Å². The maximum atomic E-state index is 9.43. The number of nitrogens with zero attached hydrogens (tertiary/aromatic N) is 4. The predicted molar refractivity (Wildman–Crippen MR) is 96.6 cm³/mol. The normalized spacial score (nSPS) is 15.9. The lowest BCUT2D eigenvalue weighted by Crippen LogP contribution is -2.09. The van der Waals surface area contributed by atoms with Gasteiger partial charge in [-0.2, -0.15) is 10.3 Å². The van der Waals surface area contributed by atoms with Gasteiger partial charge in [-0.25, -0.2) is 0 Å². The first-order valence-electron chi connectivity index (χ1n) is 8.37. The van der Waals surface area contributed by atoms with Gasteiger partial charge in [0.15, 0.2) is 18.1 Å². The number of H-pyrrole nitrogens is 1. The molecule has 0 saturated heterocycles. The van der Waals surface area contributed by atoms with Crippen molar-refractivity contribution in [3.8, 4) is 17.2 Å². The third-order valence-electron chi connectivity index (χ3n) is 4.29. The van der Waals surface area contributed by atoms with Crippen molar-refractivity contribution in [2.24, 2.45) is 5.10 Å². The summed E-state index contributed by atoms with van der Waals surface area (Å²) in [6.07, 6.45) is 0.733. The largest absolute Gasteiger partial charge is 0.508 e. The van der Waals surface area contributed by atoms with Crippen LogP contribution >= 0.6 is 0 Å². The molecule has 9 heteroatoms. The van der Waals surface area contributed by atoms with Crippen LogP contribution in [0.4, 0.5) is 0 Å². The number of aromatic hydroxyl groups is 1. The van der Waals surface area contributed by atoms with Gasteiger partial charge in [-0.3, -0.25) is 0 Å². The molecule has 0 spiro atoms. The summed E-state index contributed by atoms with van der Waals surface area (Å²) in [5.74, 6) is 1.90. The van der Waals surface area contributed by atoms with Gasteiger partial charge >= 0.3 is 0 Å². The number of aromatic amines is 1. The first-order chi connectivity index (χ1) is 13.2. The molecular weight excluding hydrogens is 348 g/mol. The number of nitrogens with one attached hydrogen (secondary N) is 2. The fraction of sp³-hybridized carbons (Fsp3) is 0.222. The summed E-state index contributed by atoms with van der Waals surface area (Å²) in [7, 11) is 1.59. The van der Waals surface area contributed by atoms with Crippen molar-refractivity contribution in [1.82, 2.24) is 26.0 Å². The Labute approximate surface area is 155 Å². The smallest absolute Gasteiger partial charge is 0.211 e. The minimum Gasteiger partial charge on any atom is -0.508 e. The van der Waals surface area contributed by atoms with Gasteiger partial charge in [-0.15, -0.1) is 10.2 Å². The van der Waals surface area contributed by atoms with Crippen LogP contribution < -0.4 is 14.9 Å². The van der Waals surface area contributed by atoms with Crippen molar-refractivity contribution < 1.29 is 14.6 Å². The number of hydrogen-bond donors (Lipinski definition) is 3. The average Bonchev–Trinajstić information content (AvgIpc) is 3.39. The topological polar surface area (TPSA) is 118 Å². The van der Waals surface area contributed by atoms with E-state index in [-0.39, 0.29) is 18.4 Å². The molecule has 1 atom stereocenters. The van der Waals surface area contributed by atoms with Gasteiger partial charge in [0.1, 0.15) is 5.75 Å². The van der Waals surface area contributed by atoms with E-state index in [1.807, 2.05) is 30.3 Å². The van der Waals surface area contributed by atoms with Crippen LogP contribution in [0.3, 0.4) is 0 Å². The second kappa shape index (κ2) is 7.32. The first kappa shape index (κ1) is 16.8. The highest BCUT2D eigenvalue weighted by Crippen LogP contribution is 2.32. The highest BCUT2D eigenvalue weighted by molar-refractivity contribution is 6.02. The molecule has 0 radical (unpaired) electrons. The molecule has 1 aromatic heterocycles. The van der Waals surface area contributed by atoms with Crippen molar-refractivity contribution in [1.29, 1.82) is 0 Å². The van der Waals surface area contributed by atoms with Crippen LogP contribution in [0.25, 0.3) is 0 Å². The van der Waals surface area contributed by atoms with Crippen LogP contribution in [-0.4, -0.2) is 38.6 Å². The SMILES string of the molecule is COc1cc(C2=NNC(c3ccc(O)cc3)C2)ccc1OCc1nn[nH]n1. The molecule has 0 bridgehead atoms. The van der Waals surface area contributed by atoms with Crippen molar-refractivity contribution in [2.75, 3.05) is 7.11 Å².